The molecule has 0 aliphatic carbocycles. The highest BCUT2D eigenvalue weighted by molar-refractivity contribution is 5.88. The maximum Gasteiger partial charge on any atom is 0.136 e. The number of aromatic nitrogens is 3. The number of hydrogen-bond acceptors (Lipinski definition) is 2. The molecule has 0 amide bonds. The second kappa shape index (κ2) is 7.81. The molecule has 4 nitrogen and oxygen atoms in total. The monoisotopic (exact) mass is 445 g/mol. The summed E-state index contributed by atoms with van der Waals surface area (Å²) < 4.78 is 31.5. The van der Waals surface area contributed by atoms with Crippen LogP contribution in [0.15, 0.2) is 66.9 Å². The van der Waals surface area contributed by atoms with Crippen LogP contribution >= 0.6 is 0 Å². The topological polar surface area (TPSA) is 43.0 Å². The van der Waals surface area contributed by atoms with Crippen LogP contribution in [0.2, 0.25) is 0 Å². The highest BCUT2D eigenvalue weighted by Gasteiger charge is 2.32. The van der Waals surface area contributed by atoms with Crippen molar-refractivity contribution in [3.8, 4) is 5.69 Å². The second-order valence-corrected chi connectivity index (χ2v) is 8.74. The van der Waals surface area contributed by atoms with Crippen molar-refractivity contribution in [3.63, 3.8) is 0 Å². The van der Waals surface area contributed by atoms with Crippen LogP contribution in [0.3, 0.4) is 0 Å². The summed E-state index contributed by atoms with van der Waals surface area (Å²) in [6.45, 7) is 5.26. The Morgan fingerprint density at radius 3 is 2.48 bits per heavy atom. The molecule has 0 aliphatic rings. The molecule has 6 heteroatoms. The van der Waals surface area contributed by atoms with Crippen LogP contribution < -0.4 is 0 Å². The largest absolute Gasteiger partial charge is 0.381 e. The Balaban J connectivity index is 1.58. The Kier molecular flexibility index (Phi) is 5.05. The fourth-order valence-electron chi connectivity index (χ4n) is 4.67. The molecule has 2 aromatic heterocycles. The number of fused-ring (bicyclic) bond motifs is 2. The molecule has 1 unspecified atom stereocenters. The normalized spacial score (nSPS) is 13.6. The van der Waals surface area contributed by atoms with Crippen molar-refractivity contribution >= 4 is 21.8 Å². The highest BCUT2D eigenvalue weighted by Crippen LogP contribution is 2.33. The van der Waals surface area contributed by atoms with Gasteiger partial charge in [-0.05, 0) is 73.9 Å². The zero-order chi connectivity index (χ0) is 23.3. The van der Waals surface area contributed by atoms with Gasteiger partial charge in [-0.1, -0.05) is 24.3 Å². The third-order valence-corrected chi connectivity index (χ3v) is 6.68. The number of hydrogen-bond donors (Lipinski definition) is 1. The third kappa shape index (κ3) is 3.42. The van der Waals surface area contributed by atoms with Crippen LogP contribution in [0.4, 0.5) is 8.78 Å². The third-order valence-electron chi connectivity index (χ3n) is 6.68. The van der Waals surface area contributed by atoms with Gasteiger partial charge in [0.15, 0.2) is 0 Å². The molecule has 3 aromatic carbocycles. The van der Waals surface area contributed by atoms with Gasteiger partial charge in [0.05, 0.1) is 29.5 Å². The Labute approximate surface area is 190 Å². The molecule has 5 aromatic rings. The van der Waals surface area contributed by atoms with Crippen LogP contribution in [0.25, 0.3) is 27.5 Å². The zero-order valence-electron chi connectivity index (χ0n) is 18.8. The summed E-state index contributed by atoms with van der Waals surface area (Å²) in [5.74, 6) is -0.316. The van der Waals surface area contributed by atoms with E-state index in [-0.39, 0.29) is 12.4 Å². The number of rotatable bonds is 5. The van der Waals surface area contributed by atoms with E-state index in [1.54, 1.807) is 35.1 Å². The van der Waals surface area contributed by atoms with Gasteiger partial charge in [-0.3, -0.25) is 0 Å². The predicted octanol–water partition coefficient (Wildman–Crippen LogP) is 5.90. The number of benzene rings is 3. The van der Waals surface area contributed by atoms with Crippen molar-refractivity contribution in [2.24, 2.45) is 0 Å². The maximum absolute atomic E-state index is 14.4. The van der Waals surface area contributed by atoms with Crippen LogP contribution in [-0.2, 0) is 12.1 Å². The maximum atomic E-state index is 14.4. The molecule has 0 fully saturated rings. The molecule has 1 atom stereocenters. The molecule has 0 radical (unpaired) electrons. The average molecular weight is 446 g/mol. The summed E-state index contributed by atoms with van der Waals surface area (Å²) in [5.41, 5.74) is 4.55. The van der Waals surface area contributed by atoms with E-state index in [2.05, 4.69) is 18.1 Å². The minimum atomic E-state index is -1.70. The summed E-state index contributed by atoms with van der Waals surface area (Å²) >= 11 is 0. The molecule has 0 saturated carbocycles. The Morgan fingerprint density at radius 1 is 1.00 bits per heavy atom. The molecule has 5 rings (SSSR count). The van der Waals surface area contributed by atoms with Gasteiger partial charge in [-0.25, -0.2) is 13.5 Å². The predicted molar refractivity (Wildman–Crippen MR) is 127 cm³/mol. The van der Waals surface area contributed by atoms with Crippen molar-refractivity contribution in [1.82, 2.24) is 14.3 Å². The SMILES string of the molecule is Cc1c(C)n(CC(O)(CF)c2ccc3c(cnn3-c3ccc(F)cc3)c2)c2c(C)cccc12. The number of para-hydroxylation sites is 1. The first-order chi connectivity index (χ1) is 15.8. The quantitative estimate of drug-likeness (QED) is 0.366. The molecule has 33 heavy (non-hydrogen) atoms. The lowest BCUT2D eigenvalue weighted by molar-refractivity contribution is -0.00460. The molecule has 2 heterocycles. The van der Waals surface area contributed by atoms with Crippen LogP contribution in [0.1, 0.15) is 22.4 Å². The van der Waals surface area contributed by atoms with Crippen LogP contribution in [0.5, 0.6) is 0 Å². The fourth-order valence-corrected chi connectivity index (χ4v) is 4.67. The number of nitrogens with zero attached hydrogens (tertiary/aromatic N) is 3. The van der Waals surface area contributed by atoms with Crippen molar-refractivity contribution < 1.29 is 13.9 Å². The zero-order valence-corrected chi connectivity index (χ0v) is 18.8. The Morgan fingerprint density at radius 2 is 1.76 bits per heavy atom. The van der Waals surface area contributed by atoms with Gasteiger partial charge in [-0.2, -0.15) is 5.10 Å². The summed E-state index contributed by atoms with van der Waals surface area (Å²) in [7, 11) is 0. The van der Waals surface area contributed by atoms with Crippen molar-refractivity contribution in [2.75, 3.05) is 6.67 Å². The molecular weight excluding hydrogens is 420 g/mol. The molecular formula is C27H25F2N3O. The van der Waals surface area contributed by atoms with Crippen molar-refractivity contribution in [2.45, 2.75) is 32.9 Å². The molecule has 0 spiro atoms. The fraction of sp³-hybridized carbons (Fsp3) is 0.222. The van der Waals surface area contributed by atoms with E-state index >= 15 is 0 Å². The van der Waals surface area contributed by atoms with Gasteiger partial charge in [0.2, 0.25) is 0 Å². The first-order valence-electron chi connectivity index (χ1n) is 10.9. The number of aliphatic hydroxyl groups is 1. The Hall–Kier alpha value is -3.51. The van der Waals surface area contributed by atoms with Gasteiger partial charge < -0.3 is 9.67 Å². The van der Waals surface area contributed by atoms with E-state index in [1.165, 1.54) is 12.1 Å². The van der Waals surface area contributed by atoms with E-state index in [0.29, 0.717) is 5.56 Å². The molecule has 1 N–H and O–H groups in total. The lowest BCUT2D eigenvalue weighted by atomic mass is 9.93. The molecule has 0 aliphatic heterocycles. The van der Waals surface area contributed by atoms with Crippen molar-refractivity contribution in [3.05, 3.63) is 95.1 Å². The van der Waals surface area contributed by atoms with E-state index in [1.807, 2.05) is 36.6 Å². The van der Waals surface area contributed by atoms with Gasteiger partial charge in [0.1, 0.15) is 18.1 Å². The molecule has 0 saturated heterocycles. The van der Waals surface area contributed by atoms with Gasteiger partial charge in [0.25, 0.3) is 0 Å². The number of alkyl halides is 1. The summed E-state index contributed by atoms with van der Waals surface area (Å²) in [5, 5.41) is 17.8. The van der Waals surface area contributed by atoms with Crippen LogP contribution in [0, 0.1) is 26.6 Å². The van der Waals surface area contributed by atoms with Gasteiger partial charge >= 0.3 is 0 Å². The van der Waals surface area contributed by atoms with E-state index < -0.39 is 12.3 Å². The van der Waals surface area contributed by atoms with E-state index in [9.17, 15) is 13.9 Å². The number of aryl methyl sites for hydroxylation is 2. The second-order valence-electron chi connectivity index (χ2n) is 8.74. The average Bonchev–Trinajstić information content (AvgIpc) is 3.35. The first-order valence-corrected chi connectivity index (χ1v) is 10.9. The van der Waals surface area contributed by atoms with E-state index in [0.717, 1.165) is 44.3 Å². The van der Waals surface area contributed by atoms with E-state index in [4.69, 9.17) is 0 Å². The summed E-state index contributed by atoms with van der Waals surface area (Å²) in [6.07, 6.45) is 1.67. The minimum absolute atomic E-state index is 0.0993. The van der Waals surface area contributed by atoms with Gasteiger partial charge in [-0.15, -0.1) is 0 Å². The highest BCUT2D eigenvalue weighted by atomic mass is 19.1. The van der Waals surface area contributed by atoms with Crippen molar-refractivity contribution in [1.29, 1.82) is 0 Å². The Bertz CT molecular complexity index is 1480. The first kappa shape index (κ1) is 21.3. The molecule has 0 bridgehead atoms. The smallest absolute Gasteiger partial charge is 0.136 e. The van der Waals surface area contributed by atoms with Gasteiger partial charge in [0, 0.05) is 16.5 Å². The standard InChI is InChI=1S/C27H25F2N3O/c1-17-5-4-6-24-18(2)19(3)31(26(17)24)16-27(33,15-28)21-7-12-25-20(13-21)14-30-32(25)23-10-8-22(29)9-11-23/h4-14,33H,15-16H2,1-3H3. The minimum Gasteiger partial charge on any atom is -0.381 e. The summed E-state index contributed by atoms with van der Waals surface area (Å²) in [6, 6.07) is 17.5. The summed E-state index contributed by atoms with van der Waals surface area (Å²) in [4.78, 5) is 0. The lowest BCUT2D eigenvalue weighted by Crippen LogP contribution is -2.34. The van der Waals surface area contributed by atoms with Crippen LogP contribution in [-0.4, -0.2) is 26.1 Å². The number of halogens is 2. The molecule has 168 valence electrons. The lowest BCUT2D eigenvalue weighted by Gasteiger charge is -2.28.